The number of carbonyl (C=O) groups excluding carboxylic acids is 2. The lowest BCUT2D eigenvalue weighted by atomic mass is 10.0. The molecule has 0 aromatic rings. The molecule has 10 heteroatoms. The number of rotatable bonds is 53. The van der Waals surface area contributed by atoms with Crippen LogP contribution in [0.2, 0.25) is 0 Å². The van der Waals surface area contributed by atoms with Crippen molar-refractivity contribution in [3.63, 3.8) is 0 Å². The number of ether oxygens (including phenoxy) is 1. The summed E-state index contributed by atoms with van der Waals surface area (Å²) in [4.78, 5) is 37.5. The molecule has 0 rings (SSSR count). The third-order valence-corrected chi connectivity index (χ3v) is 14.1. The molecule has 9 nitrogen and oxygen atoms in total. The summed E-state index contributed by atoms with van der Waals surface area (Å²) in [6.45, 7) is 6.98. The smallest absolute Gasteiger partial charge is 0.456 e. The third-order valence-electron chi connectivity index (χ3n) is 13.1. The molecule has 0 aromatic heterocycles. The van der Waals surface area contributed by atoms with Gasteiger partial charge in [0.15, 0.2) is 0 Å². The molecule has 0 bridgehead atoms. The van der Waals surface area contributed by atoms with Gasteiger partial charge in [0.25, 0.3) is 0 Å². The monoisotopic (exact) mass is 994 g/mol. The number of likely N-dealkylation sites (N-methyl/N-ethyl adjacent to an activating group) is 1. The van der Waals surface area contributed by atoms with Crippen molar-refractivity contribution in [2.75, 3.05) is 40.9 Å². The highest BCUT2D eigenvalue weighted by Crippen LogP contribution is 2.43. The van der Waals surface area contributed by atoms with Gasteiger partial charge in [-0.2, -0.15) is 0 Å². The molecule has 69 heavy (non-hydrogen) atoms. The van der Waals surface area contributed by atoms with Gasteiger partial charge >= 0.3 is 13.8 Å². The number of esters is 1. The topological polar surface area (TPSA) is 111 Å². The fraction of sp³-hybridized carbons (Fsp3) is 0.864. The van der Waals surface area contributed by atoms with E-state index >= 15 is 0 Å². The van der Waals surface area contributed by atoms with E-state index in [1.54, 1.807) is 0 Å². The molecule has 0 radical (unpaired) electrons. The number of carbonyl (C=O) groups is 2. The van der Waals surface area contributed by atoms with Crippen LogP contribution in [0.4, 0.5) is 0 Å². The predicted octanol–water partition coefficient (Wildman–Crippen LogP) is 17.6. The summed E-state index contributed by atoms with van der Waals surface area (Å²) in [5.41, 5.74) is 0. The number of phosphoric acid groups is 1. The molecule has 0 saturated carbocycles. The summed E-state index contributed by atoms with van der Waals surface area (Å²) in [6.07, 6.45) is 58.7. The van der Waals surface area contributed by atoms with E-state index in [0.29, 0.717) is 23.9 Å². The van der Waals surface area contributed by atoms with E-state index in [2.05, 4.69) is 44.3 Å². The first-order chi connectivity index (χ1) is 33.4. The van der Waals surface area contributed by atoms with Gasteiger partial charge in [0.05, 0.1) is 33.8 Å². The number of nitrogens with one attached hydrogen (secondary N) is 1. The van der Waals surface area contributed by atoms with Gasteiger partial charge in [0.1, 0.15) is 19.3 Å². The van der Waals surface area contributed by atoms with Crippen LogP contribution >= 0.6 is 7.82 Å². The fourth-order valence-corrected chi connectivity index (χ4v) is 9.26. The Morgan fingerprint density at radius 2 is 0.899 bits per heavy atom. The Balaban J connectivity index is 5.28. The molecule has 0 heterocycles. The van der Waals surface area contributed by atoms with Crippen LogP contribution in [0, 0.1) is 0 Å². The summed E-state index contributed by atoms with van der Waals surface area (Å²) >= 11 is 0. The van der Waals surface area contributed by atoms with E-state index in [1.165, 1.54) is 186 Å². The summed E-state index contributed by atoms with van der Waals surface area (Å²) in [5, 5.41) is 3.04. The first-order valence-corrected chi connectivity index (χ1v) is 30.8. The van der Waals surface area contributed by atoms with E-state index in [4.69, 9.17) is 13.8 Å². The minimum atomic E-state index is -4.45. The molecule has 3 atom stereocenters. The number of quaternary nitrogens is 1. The number of amides is 1. The molecular weight excluding hydrogens is 880 g/mol. The molecule has 0 aliphatic carbocycles. The molecule has 0 spiro atoms. The first kappa shape index (κ1) is 67.2. The first-order valence-electron chi connectivity index (χ1n) is 29.3. The van der Waals surface area contributed by atoms with Gasteiger partial charge in [-0.25, -0.2) is 4.57 Å². The van der Waals surface area contributed by atoms with E-state index < -0.39 is 20.0 Å². The van der Waals surface area contributed by atoms with Crippen LogP contribution in [0.5, 0.6) is 0 Å². The molecule has 0 fully saturated rings. The SMILES string of the molecule is CCCCCCCC/C=C\C/C=C/CCC(=O)OC(/C=C/CCCCCCCCCCC)C(COP(=O)(O)OCC[N+](C)(C)C)NC(=O)CCCCCCCCCCCCCCCCCCCCC. The number of hydrogen-bond acceptors (Lipinski definition) is 6. The number of nitrogens with zero attached hydrogens (tertiary/aromatic N) is 1. The molecule has 0 saturated heterocycles. The van der Waals surface area contributed by atoms with Gasteiger partial charge in [0, 0.05) is 12.8 Å². The van der Waals surface area contributed by atoms with Crippen molar-refractivity contribution in [1.29, 1.82) is 0 Å². The second-order valence-electron chi connectivity index (χ2n) is 21.2. The van der Waals surface area contributed by atoms with Crippen LogP contribution in [0.15, 0.2) is 36.5 Å². The quantitative estimate of drug-likeness (QED) is 0.0205. The van der Waals surface area contributed by atoms with E-state index in [1.807, 2.05) is 39.4 Å². The fourth-order valence-electron chi connectivity index (χ4n) is 8.52. The maximum atomic E-state index is 13.5. The maximum absolute atomic E-state index is 13.5. The molecule has 3 unspecified atom stereocenters. The van der Waals surface area contributed by atoms with Gasteiger partial charge in [-0.1, -0.05) is 250 Å². The van der Waals surface area contributed by atoms with Crippen LogP contribution in [0.3, 0.4) is 0 Å². The second-order valence-corrected chi connectivity index (χ2v) is 22.6. The predicted molar refractivity (Wildman–Crippen MR) is 296 cm³/mol. The Bertz CT molecular complexity index is 1280. The average molecular weight is 995 g/mol. The van der Waals surface area contributed by atoms with Crippen molar-refractivity contribution in [2.24, 2.45) is 0 Å². The van der Waals surface area contributed by atoms with Crippen molar-refractivity contribution in [3.05, 3.63) is 36.5 Å². The summed E-state index contributed by atoms with van der Waals surface area (Å²) < 4.78 is 30.5. The number of allylic oxidation sites excluding steroid dienone is 5. The highest BCUT2D eigenvalue weighted by atomic mass is 31.2. The lowest BCUT2D eigenvalue weighted by Crippen LogP contribution is -2.47. The van der Waals surface area contributed by atoms with Crippen molar-refractivity contribution in [3.8, 4) is 0 Å². The van der Waals surface area contributed by atoms with E-state index in [0.717, 1.165) is 51.4 Å². The van der Waals surface area contributed by atoms with Gasteiger partial charge < -0.3 is 19.4 Å². The molecular formula is C59H114N2O7P+. The van der Waals surface area contributed by atoms with Gasteiger partial charge in [-0.15, -0.1) is 0 Å². The van der Waals surface area contributed by atoms with E-state index in [9.17, 15) is 19.0 Å². The maximum Gasteiger partial charge on any atom is 0.472 e. The number of phosphoric ester groups is 1. The Kier molecular flexibility index (Phi) is 48.5. The Hall–Kier alpha value is -1.77. The summed E-state index contributed by atoms with van der Waals surface area (Å²) in [5.74, 6) is -0.574. The highest BCUT2D eigenvalue weighted by Gasteiger charge is 2.30. The number of unbranched alkanes of at least 4 members (excludes halogenated alkanes) is 33. The summed E-state index contributed by atoms with van der Waals surface area (Å²) in [7, 11) is 1.48. The Morgan fingerprint density at radius 1 is 0.507 bits per heavy atom. The second kappa shape index (κ2) is 49.8. The average Bonchev–Trinajstić information content (AvgIpc) is 3.31. The van der Waals surface area contributed by atoms with Crippen molar-refractivity contribution in [1.82, 2.24) is 5.32 Å². The lowest BCUT2D eigenvalue weighted by molar-refractivity contribution is -0.870. The molecule has 406 valence electrons. The summed E-state index contributed by atoms with van der Waals surface area (Å²) in [6, 6.07) is -0.865. The van der Waals surface area contributed by atoms with Gasteiger partial charge in [0.2, 0.25) is 5.91 Å². The van der Waals surface area contributed by atoms with Crippen molar-refractivity contribution in [2.45, 2.75) is 290 Å². The van der Waals surface area contributed by atoms with E-state index in [-0.39, 0.29) is 31.5 Å². The minimum absolute atomic E-state index is 0.0349. The van der Waals surface area contributed by atoms with Crippen LogP contribution in [0.25, 0.3) is 0 Å². The highest BCUT2D eigenvalue weighted by molar-refractivity contribution is 7.47. The Labute approximate surface area is 427 Å². The molecule has 1 amide bonds. The van der Waals surface area contributed by atoms with Crippen LogP contribution < -0.4 is 5.32 Å². The normalized spacial score (nSPS) is 14.0. The Morgan fingerprint density at radius 3 is 1.33 bits per heavy atom. The van der Waals surface area contributed by atoms with Gasteiger partial charge in [-0.3, -0.25) is 18.6 Å². The molecule has 0 aliphatic rings. The van der Waals surface area contributed by atoms with Gasteiger partial charge in [-0.05, 0) is 51.0 Å². The standard InChI is InChI=1S/C59H113N2O7P/c1-7-10-13-16-19-22-25-27-28-29-30-31-32-34-36-39-42-45-48-51-58(62)60-56(55-67-69(64,65)66-54-53-61(4,5)6)57(50-47-44-41-38-35-24-21-18-15-12-9-3)68-59(63)52-49-46-43-40-37-33-26-23-20-17-14-11-8-2/h33,37,43,46-47,50,56-57H,7-32,34-36,38-42,44-45,48-49,51-55H2,1-6H3,(H-,60,62,64,65)/p+1/b37-33-,46-43+,50-47+. The lowest BCUT2D eigenvalue weighted by Gasteiger charge is -2.27. The van der Waals surface area contributed by atoms with Crippen molar-refractivity contribution >= 4 is 19.7 Å². The zero-order valence-corrected chi connectivity index (χ0v) is 47.2. The molecule has 0 aromatic carbocycles. The zero-order chi connectivity index (χ0) is 50.8. The van der Waals surface area contributed by atoms with Crippen LogP contribution in [-0.2, 0) is 27.9 Å². The zero-order valence-electron chi connectivity index (χ0n) is 46.3. The van der Waals surface area contributed by atoms with Crippen LogP contribution in [0.1, 0.15) is 278 Å². The minimum Gasteiger partial charge on any atom is -0.456 e. The van der Waals surface area contributed by atoms with Crippen LogP contribution in [-0.4, -0.2) is 74.3 Å². The third kappa shape index (κ3) is 51.0. The molecule has 0 aliphatic heterocycles. The largest absolute Gasteiger partial charge is 0.472 e. The number of hydrogen-bond donors (Lipinski definition) is 2. The van der Waals surface area contributed by atoms with Crippen molar-refractivity contribution < 1.29 is 37.3 Å². The molecule has 2 N–H and O–H groups in total.